The van der Waals surface area contributed by atoms with Gasteiger partial charge in [-0.2, -0.15) is 0 Å². The van der Waals surface area contributed by atoms with Crippen molar-refractivity contribution in [1.82, 2.24) is 4.57 Å². The van der Waals surface area contributed by atoms with E-state index in [1.54, 1.807) is 12.1 Å². The van der Waals surface area contributed by atoms with Gasteiger partial charge in [0.05, 0.1) is 11.0 Å². The van der Waals surface area contributed by atoms with Crippen molar-refractivity contribution in [3.8, 4) is 39.1 Å². The molecule has 0 aliphatic heterocycles. The number of anilines is 3. The molecule has 280 valence electrons. The first kappa shape index (κ1) is 35.2. The predicted molar refractivity (Wildman–Crippen MR) is 252 cm³/mol. The van der Waals surface area contributed by atoms with Gasteiger partial charge in [-0.3, -0.25) is 0 Å². The number of para-hydroxylation sites is 3. The van der Waals surface area contributed by atoms with E-state index in [-0.39, 0.29) is 5.82 Å². The molecule has 0 saturated carbocycles. The van der Waals surface area contributed by atoms with Crippen molar-refractivity contribution in [2.45, 2.75) is 0 Å². The number of nitrogens with zero attached hydrogens (tertiary/aromatic N) is 2. The van der Waals surface area contributed by atoms with E-state index in [2.05, 4.69) is 190 Å². The van der Waals surface area contributed by atoms with E-state index >= 15 is 4.39 Å². The minimum atomic E-state index is -0.211. The number of benzene rings is 9. The number of fused-ring (bicyclic) bond motifs is 6. The zero-order valence-corrected chi connectivity index (χ0v) is 33.8. The van der Waals surface area contributed by atoms with E-state index in [4.69, 9.17) is 4.42 Å². The highest BCUT2D eigenvalue weighted by Gasteiger charge is 2.19. The second-order valence-corrected chi connectivity index (χ2v) is 15.9. The summed E-state index contributed by atoms with van der Waals surface area (Å²) in [5.74, 6) is -0.211. The minimum absolute atomic E-state index is 0.211. The first-order chi connectivity index (χ1) is 29.1. The SMILES string of the molecule is Fc1cccc2c1c1cccc(I)c1n2-c1cccc(-c2ccc(N(c3ccc(-c4ccccc4)cc3)c3ccc(-c4cccc5c4oc4ccccc45)cc3)cc2)c1. The Morgan fingerprint density at radius 1 is 0.458 bits per heavy atom. The highest BCUT2D eigenvalue weighted by Crippen LogP contribution is 2.41. The molecular formula is C54H34FIN2O. The van der Waals surface area contributed by atoms with E-state index in [0.717, 1.165) is 86.9 Å². The number of furan rings is 1. The average molecular weight is 873 g/mol. The van der Waals surface area contributed by atoms with Crippen LogP contribution in [0.15, 0.2) is 211 Å². The van der Waals surface area contributed by atoms with Crippen molar-refractivity contribution in [3.05, 3.63) is 216 Å². The van der Waals surface area contributed by atoms with Gasteiger partial charge in [-0.1, -0.05) is 133 Å². The molecule has 0 aliphatic carbocycles. The number of hydrogen-bond acceptors (Lipinski definition) is 2. The van der Waals surface area contributed by atoms with Crippen molar-refractivity contribution >= 4 is 83.4 Å². The lowest BCUT2D eigenvalue weighted by molar-refractivity contribution is 0.640. The first-order valence-corrected chi connectivity index (χ1v) is 20.7. The van der Waals surface area contributed by atoms with Gasteiger partial charge in [0, 0.05) is 53.4 Å². The van der Waals surface area contributed by atoms with Gasteiger partial charge in [0.1, 0.15) is 17.0 Å². The number of aromatic nitrogens is 1. The standard InChI is InChI=1S/C54H34FIN2O/c55-48-18-9-20-50-52(48)47-17-8-19-49(56)53(47)58(50)43-13-6-12-39(34-43)37-24-30-41(31-25-37)57(40-28-22-36(23-29-40)35-10-2-1-3-11-35)42-32-26-38(27-33-42)44-15-7-16-46-45-14-4-5-21-51(45)59-54(44)46/h1-34H. The summed E-state index contributed by atoms with van der Waals surface area (Å²) >= 11 is 2.36. The summed E-state index contributed by atoms with van der Waals surface area (Å²) < 4.78 is 25.0. The molecule has 9 aromatic carbocycles. The molecule has 0 bridgehead atoms. The third kappa shape index (κ3) is 6.08. The van der Waals surface area contributed by atoms with Crippen LogP contribution >= 0.6 is 22.6 Å². The lowest BCUT2D eigenvalue weighted by atomic mass is 10.0. The van der Waals surface area contributed by atoms with Gasteiger partial charge < -0.3 is 13.9 Å². The molecule has 5 heteroatoms. The molecule has 2 aromatic heterocycles. The molecule has 0 saturated heterocycles. The van der Waals surface area contributed by atoms with Crippen molar-refractivity contribution in [1.29, 1.82) is 0 Å². The molecule has 0 N–H and O–H groups in total. The molecule has 59 heavy (non-hydrogen) atoms. The van der Waals surface area contributed by atoms with Crippen LogP contribution in [0.3, 0.4) is 0 Å². The topological polar surface area (TPSA) is 21.3 Å². The third-order valence-corrected chi connectivity index (χ3v) is 12.2. The van der Waals surface area contributed by atoms with Gasteiger partial charge in [-0.05, 0) is 123 Å². The molecule has 11 aromatic rings. The van der Waals surface area contributed by atoms with Crippen molar-refractivity contribution in [2.75, 3.05) is 4.90 Å². The third-order valence-electron chi connectivity index (χ3n) is 11.3. The molecule has 11 rings (SSSR count). The number of halogens is 2. The smallest absolute Gasteiger partial charge is 0.143 e. The molecule has 0 spiro atoms. The Kier molecular flexibility index (Phi) is 8.63. The van der Waals surface area contributed by atoms with Crippen LogP contribution in [0.4, 0.5) is 21.5 Å². The normalized spacial score (nSPS) is 11.6. The lowest BCUT2D eigenvalue weighted by Crippen LogP contribution is -2.09. The Balaban J connectivity index is 0.981. The van der Waals surface area contributed by atoms with Crippen LogP contribution in [0.2, 0.25) is 0 Å². The molecule has 0 fully saturated rings. The molecule has 0 atom stereocenters. The first-order valence-electron chi connectivity index (χ1n) is 19.6. The Bertz CT molecular complexity index is 3330. The van der Waals surface area contributed by atoms with Gasteiger partial charge in [-0.25, -0.2) is 4.39 Å². The molecule has 0 amide bonds. The Morgan fingerprint density at radius 3 is 1.76 bits per heavy atom. The summed E-state index contributed by atoms with van der Waals surface area (Å²) in [6.07, 6.45) is 0. The highest BCUT2D eigenvalue weighted by molar-refractivity contribution is 14.1. The maximum absolute atomic E-state index is 15.3. The van der Waals surface area contributed by atoms with Crippen LogP contribution < -0.4 is 4.90 Å². The van der Waals surface area contributed by atoms with Crippen LogP contribution in [0.1, 0.15) is 0 Å². The van der Waals surface area contributed by atoms with Gasteiger partial charge in [0.15, 0.2) is 0 Å². The van der Waals surface area contributed by atoms with E-state index in [9.17, 15) is 0 Å². The summed E-state index contributed by atoms with van der Waals surface area (Å²) in [4.78, 5) is 2.30. The summed E-state index contributed by atoms with van der Waals surface area (Å²) in [6.45, 7) is 0. The summed E-state index contributed by atoms with van der Waals surface area (Å²) in [5.41, 5.74) is 14.4. The molecular weight excluding hydrogens is 839 g/mol. The van der Waals surface area contributed by atoms with Gasteiger partial charge in [0.25, 0.3) is 0 Å². The largest absolute Gasteiger partial charge is 0.455 e. The van der Waals surface area contributed by atoms with E-state index < -0.39 is 0 Å². The van der Waals surface area contributed by atoms with Crippen molar-refractivity contribution in [2.24, 2.45) is 0 Å². The lowest BCUT2D eigenvalue weighted by Gasteiger charge is -2.26. The van der Waals surface area contributed by atoms with E-state index in [1.807, 2.05) is 36.4 Å². The van der Waals surface area contributed by atoms with Gasteiger partial charge in [0.2, 0.25) is 0 Å². The number of hydrogen-bond donors (Lipinski definition) is 0. The maximum atomic E-state index is 15.3. The molecule has 0 radical (unpaired) electrons. The molecule has 2 heterocycles. The van der Waals surface area contributed by atoms with Crippen LogP contribution in [0.25, 0.3) is 82.8 Å². The fourth-order valence-electron chi connectivity index (χ4n) is 8.57. The van der Waals surface area contributed by atoms with Crippen molar-refractivity contribution in [3.63, 3.8) is 0 Å². The summed E-state index contributed by atoms with van der Waals surface area (Å²) in [6, 6.07) is 71.3. The second kappa shape index (κ2) is 14.5. The predicted octanol–water partition coefficient (Wildman–Crippen LogP) is 15.9. The zero-order chi connectivity index (χ0) is 39.5. The van der Waals surface area contributed by atoms with E-state index in [1.165, 1.54) is 11.1 Å². The molecule has 3 nitrogen and oxygen atoms in total. The fraction of sp³-hybridized carbons (Fsp3) is 0. The Hall–Kier alpha value is -6.96. The zero-order valence-electron chi connectivity index (χ0n) is 31.7. The molecule has 0 aliphatic rings. The minimum Gasteiger partial charge on any atom is -0.455 e. The summed E-state index contributed by atoms with van der Waals surface area (Å²) in [7, 11) is 0. The maximum Gasteiger partial charge on any atom is 0.143 e. The van der Waals surface area contributed by atoms with Crippen LogP contribution in [0, 0.1) is 9.39 Å². The summed E-state index contributed by atoms with van der Waals surface area (Å²) in [5, 5.41) is 3.80. The van der Waals surface area contributed by atoms with Crippen LogP contribution in [-0.4, -0.2) is 4.57 Å². The highest BCUT2D eigenvalue weighted by atomic mass is 127. The van der Waals surface area contributed by atoms with E-state index in [0.29, 0.717) is 5.39 Å². The Labute approximate surface area is 354 Å². The Morgan fingerprint density at radius 2 is 1.02 bits per heavy atom. The van der Waals surface area contributed by atoms with Crippen molar-refractivity contribution < 1.29 is 8.81 Å². The van der Waals surface area contributed by atoms with Crippen LogP contribution in [-0.2, 0) is 0 Å². The van der Waals surface area contributed by atoms with Gasteiger partial charge in [-0.15, -0.1) is 0 Å². The monoisotopic (exact) mass is 872 g/mol. The number of rotatable bonds is 7. The van der Waals surface area contributed by atoms with Crippen LogP contribution in [0.5, 0.6) is 0 Å². The second-order valence-electron chi connectivity index (χ2n) is 14.8. The van der Waals surface area contributed by atoms with Gasteiger partial charge >= 0.3 is 0 Å². The fourth-order valence-corrected chi connectivity index (χ4v) is 9.31. The average Bonchev–Trinajstić information content (AvgIpc) is 3.85. The quantitative estimate of drug-likeness (QED) is 0.149. The molecule has 0 unspecified atom stereocenters.